The summed E-state index contributed by atoms with van der Waals surface area (Å²) in [5.74, 6) is 1.50. The largest absolute Gasteiger partial charge is 0.461 e. The van der Waals surface area contributed by atoms with Crippen LogP contribution in [-0.4, -0.2) is 25.8 Å². The highest BCUT2D eigenvalue weighted by atomic mass is 16.5. The highest BCUT2D eigenvalue weighted by Gasteiger charge is 2.13. The van der Waals surface area contributed by atoms with Crippen molar-refractivity contribution in [1.29, 1.82) is 0 Å². The van der Waals surface area contributed by atoms with Gasteiger partial charge in [0.1, 0.15) is 0 Å². The van der Waals surface area contributed by atoms with Crippen LogP contribution in [0.3, 0.4) is 0 Å². The summed E-state index contributed by atoms with van der Waals surface area (Å²) in [6.07, 6.45) is 4.18. The molecule has 0 saturated heterocycles. The van der Waals surface area contributed by atoms with Gasteiger partial charge in [-0.15, -0.1) is 0 Å². The number of nitrogens with zero attached hydrogens (tertiary/aromatic N) is 4. The highest BCUT2D eigenvalue weighted by Crippen LogP contribution is 2.17. The molecule has 0 radical (unpaired) electrons. The summed E-state index contributed by atoms with van der Waals surface area (Å²) < 4.78 is 12.4. The maximum atomic E-state index is 12.1. The van der Waals surface area contributed by atoms with E-state index < -0.39 is 0 Å². The molecule has 1 N–H and O–H groups in total. The predicted octanol–water partition coefficient (Wildman–Crippen LogP) is 3.19. The molecule has 0 fully saturated rings. The van der Waals surface area contributed by atoms with Crippen LogP contribution in [0.1, 0.15) is 49.0 Å². The van der Waals surface area contributed by atoms with Crippen molar-refractivity contribution in [1.82, 2.24) is 25.2 Å². The van der Waals surface area contributed by atoms with Crippen LogP contribution in [0.5, 0.6) is 0 Å². The maximum absolute atomic E-state index is 12.1. The van der Waals surface area contributed by atoms with E-state index in [9.17, 15) is 4.79 Å². The molecule has 0 aliphatic heterocycles. The first-order valence-electron chi connectivity index (χ1n) is 9.24. The normalized spacial score (nSPS) is 11.1. The van der Waals surface area contributed by atoms with Gasteiger partial charge in [0, 0.05) is 37.2 Å². The molecule has 0 unspecified atom stereocenters. The summed E-state index contributed by atoms with van der Waals surface area (Å²) in [7, 11) is 0. The average Bonchev–Trinajstić information content (AvgIpc) is 3.36. The fourth-order valence-corrected chi connectivity index (χ4v) is 2.96. The van der Waals surface area contributed by atoms with Gasteiger partial charge in [-0.25, -0.2) is 0 Å². The van der Waals surface area contributed by atoms with Crippen LogP contribution in [0.2, 0.25) is 0 Å². The quantitative estimate of drug-likeness (QED) is 0.620. The Bertz CT molecular complexity index is 879. The molecule has 0 aromatic carbocycles. The number of rotatable bonds is 9. The molecule has 8 heteroatoms. The predicted molar refractivity (Wildman–Crippen MR) is 98.8 cm³/mol. The maximum Gasteiger partial charge on any atom is 0.238 e. The van der Waals surface area contributed by atoms with E-state index in [0.717, 1.165) is 29.9 Å². The molecule has 0 bridgehead atoms. The van der Waals surface area contributed by atoms with Gasteiger partial charge >= 0.3 is 0 Å². The van der Waals surface area contributed by atoms with Crippen LogP contribution in [-0.2, 0) is 24.3 Å². The lowest BCUT2D eigenvalue weighted by Gasteiger charge is -2.06. The van der Waals surface area contributed by atoms with Gasteiger partial charge in [-0.2, -0.15) is 10.1 Å². The van der Waals surface area contributed by atoms with E-state index >= 15 is 0 Å². The third-order valence-corrected chi connectivity index (χ3v) is 4.43. The molecule has 3 aromatic rings. The summed E-state index contributed by atoms with van der Waals surface area (Å²) in [5.41, 5.74) is 3.18. The molecule has 0 aliphatic rings. The van der Waals surface area contributed by atoms with E-state index in [1.54, 1.807) is 18.4 Å². The molecule has 3 aromatic heterocycles. The number of nitrogens with one attached hydrogen (secondary N) is 1. The molecule has 144 valence electrons. The topological polar surface area (TPSA) is 99.0 Å². The molecule has 0 spiro atoms. The van der Waals surface area contributed by atoms with E-state index in [2.05, 4.69) is 27.5 Å². The minimum atomic E-state index is 0.00261. The van der Waals surface area contributed by atoms with Crippen molar-refractivity contribution in [3.05, 3.63) is 41.2 Å². The van der Waals surface area contributed by atoms with Gasteiger partial charge in [-0.1, -0.05) is 12.1 Å². The molecule has 0 saturated carbocycles. The van der Waals surface area contributed by atoms with Crippen molar-refractivity contribution in [3.63, 3.8) is 0 Å². The van der Waals surface area contributed by atoms with Gasteiger partial charge < -0.3 is 14.3 Å². The van der Waals surface area contributed by atoms with Crippen LogP contribution in [0.15, 0.2) is 27.3 Å². The number of aryl methyl sites for hydroxylation is 3. The fourth-order valence-electron chi connectivity index (χ4n) is 2.96. The average molecular weight is 371 g/mol. The second-order valence-electron chi connectivity index (χ2n) is 6.49. The monoisotopic (exact) mass is 371 g/mol. The van der Waals surface area contributed by atoms with Gasteiger partial charge in [0.05, 0.1) is 12.0 Å². The van der Waals surface area contributed by atoms with Gasteiger partial charge in [0.2, 0.25) is 17.6 Å². The minimum absolute atomic E-state index is 0.00261. The standard InChI is InChI=1S/C19H25N5O3/c1-4-10-24-14(3)15(13(2)22-24)12-20-17(25)8-5-9-18-21-19(23-27-18)16-7-6-11-26-16/h6-7,11H,4-5,8-10,12H2,1-3H3,(H,20,25). The summed E-state index contributed by atoms with van der Waals surface area (Å²) >= 11 is 0. The first-order valence-corrected chi connectivity index (χ1v) is 9.24. The Hall–Kier alpha value is -2.90. The zero-order valence-electron chi connectivity index (χ0n) is 16.0. The Morgan fingerprint density at radius 1 is 1.33 bits per heavy atom. The Labute approximate surface area is 157 Å². The number of carbonyl (C=O) groups excluding carboxylic acids is 1. The Morgan fingerprint density at radius 2 is 2.19 bits per heavy atom. The van der Waals surface area contributed by atoms with Crippen molar-refractivity contribution < 1.29 is 13.7 Å². The lowest BCUT2D eigenvalue weighted by Crippen LogP contribution is -2.23. The minimum Gasteiger partial charge on any atom is -0.461 e. The lowest BCUT2D eigenvalue weighted by atomic mass is 10.2. The third kappa shape index (κ3) is 4.64. The van der Waals surface area contributed by atoms with Crippen molar-refractivity contribution >= 4 is 5.91 Å². The van der Waals surface area contributed by atoms with Crippen LogP contribution in [0.25, 0.3) is 11.6 Å². The first-order chi connectivity index (χ1) is 13.1. The van der Waals surface area contributed by atoms with Crippen LogP contribution in [0, 0.1) is 13.8 Å². The SMILES string of the molecule is CCCn1nc(C)c(CNC(=O)CCCc2nc(-c3ccco3)no2)c1C. The third-order valence-electron chi connectivity index (χ3n) is 4.43. The number of hydrogen-bond acceptors (Lipinski definition) is 6. The van der Waals surface area contributed by atoms with Crippen molar-refractivity contribution in [3.8, 4) is 11.6 Å². The zero-order chi connectivity index (χ0) is 19.2. The number of amides is 1. The first kappa shape index (κ1) is 18.9. The van der Waals surface area contributed by atoms with E-state index in [1.807, 2.05) is 18.5 Å². The molecule has 1 amide bonds. The fraction of sp³-hybridized carbons (Fsp3) is 0.474. The lowest BCUT2D eigenvalue weighted by molar-refractivity contribution is -0.121. The number of carbonyl (C=O) groups is 1. The van der Waals surface area contributed by atoms with Crippen molar-refractivity contribution in [2.45, 2.75) is 59.5 Å². The van der Waals surface area contributed by atoms with Crippen LogP contribution >= 0.6 is 0 Å². The van der Waals surface area contributed by atoms with Gasteiger partial charge in [0.15, 0.2) is 5.76 Å². The molecule has 3 rings (SSSR count). The Morgan fingerprint density at radius 3 is 2.93 bits per heavy atom. The van der Waals surface area contributed by atoms with Crippen molar-refractivity contribution in [2.24, 2.45) is 0 Å². The van der Waals surface area contributed by atoms with E-state index in [1.165, 1.54) is 0 Å². The number of aromatic nitrogens is 4. The molecule has 0 aliphatic carbocycles. The summed E-state index contributed by atoms with van der Waals surface area (Å²) in [6.45, 7) is 7.54. The van der Waals surface area contributed by atoms with Crippen LogP contribution < -0.4 is 5.32 Å². The van der Waals surface area contributed by atoms with Gasteiger partial charge in [-0.05, 0) is 38.8 Å². The molecule has 8 nitrogen and oxygen atoms in total. The van der Waals surface area contributed by atoms with E-state index in [4.69, 9.17) is 8.94 Å². The van der Waals surface area contributed by atoms with Crippen molar-refractivity contribution in [2.75, 3.05) is 0 Å². The van der Waals surface area contributed by atoms with Gasteiger partial charge in [0.25, 0.3) is 0 Å². The second kappa shape index (κ2) is 8.66. The van der Waals surface area contributed by atoms with Crippen LogP contribution in [0.4, 0.5) is 0 Å². The molecule has 27 heavy (non-hydrogen) atoms. The summed E-state index contributed by atoms with van der Waals surface area (Å²) in [6, 6.07) is 3.54. The Kier molecular flexibility index (Phi) is 6.05. The van der Waals surface area contributed by atoms with E-state index in [0.29, 0.717) is 43.3 Å². The smallest absolute Gasteiger partial charge is 0.238 e. The summed E-state index contributed by atoms with van der Waals surface area (Å²) in [4.78, 5) is 16.4. The number of hydrogen-bond donors (Lipinski definition) is 1. The second-order valence-corrected chi connectivity index (χ2v) is 6.49. The molecular formula is C19H25N5O3. The summed E-state index contributed by atoms with van der Waals surface area (Å²) in [5, 5.41) is 11.4. The zero-order valence-corrected chi connectivity index (χ0v) is 16.0. The molecular weight excluding hydrogens is 346 g/mol. The molecule has 3 heterocycles. The van der Waals surface area contributed by atoms with E-state index in [-0.39, 0.29) is 5.91 Å². The number of furan rings is 1. The Balaban J connectivity index is 1.44. The highest BCUT2D eigenvalue weighted by molar-refractivity contribution is 5.75. The van der Waals surface area contributed by atoms with Gasteiger partial charge in [-0.3, -0.25) is 9.48 Å². The molecule has 0 atom stereocenters.